The van der Waals surface area contributed by atoms with Gasteiger partial charge in [0, 0.05) is 25.7 Å². The van der Waals surface area contributed by atoms with Gasteiger partial charge in [-0.2, -0.15) is 0 Å². The van der Waals surface area contributed by atoms with Crippen molar-refractivity contribution in [1.82, 2.24) is 19.6 Å². The van der Waals surface area contributed by atoms with Gasteiger partial charge in [0.15, 0.2) is 0 Å². The standard InChI is InChI=1S/4C17H13NO4.4Rh/c4*19-15-12-8-4-5-9-13(12)16(20)18(15)14(17(21)22)10-11-6-2-1-3-7-11;;;;/h4*1-9,14H,10H2,(H,21,22);;;;/q;;;;4*+2/t4*14-;;;;/m0000..../s1. The molecule has 468 valence electrons. The zero-order valence-corrected chi connectivity index (χ0v) is 54.3. The van der Waals surface area contributed by atoms with Crippen molar-refractivity contribution >= 4 is 71.1 Å². The second kappa shape index (κ2) is 33.1. The maximum atomic E-state index is 12.4. The topological polar surface area (TPSA) is 299 Å². The predicted molar refractivity (Wildman–Crippen MR) is 314 cm³/mol. The van der Waals surface area contributed by atoms with Crippen LogP contribution in [0.5, 0.6) is 0 Å². The molecule has 4 atom stereocenters. The van der Waals surface area contributed by atoms with Crippen molar-refractivity contribution in [3.63, 3.8) is 0 Å². The first-order valence-electron chi connectivity index (χ1n) is 27.3. The van der Waals surface area contributed by atoms with E-state index in [1.165, 1.54) is 48.5 Å². The van der Waals surface area contributed by atoms with Gasteiger partial charge in [0.1, 0.15) is 24.2 Å². The van der Waals surface area contributed by atoms with Crippen LogP contribution >= 0.6 is 0 Å². The van der Waals surface area contributed by atoms with Crippen LogP contribution in [0.2, 0.25) is 0 Å². The van der Waals surface area contributed by atoms with E-state index in [0.717, 1.165) is 41.9 Å². The zero-order chi connectivity index (χ0) is 62.8. The van der Waals surface area contributed by atoms with Crippen molar-refractivity contribution in [2.45, 2.75) is 49.9 Å². The number of imide groups is 4. The van der Waals surface area contributed by atoms with E-state index < -0.39 is 95.3 Å². The van der Waals surface area contributed by atoms with Gasteiger partial charge in [-0.05, 0) is 70.8 Å². The third-order valence-electron chi connectivity index (χ3n) is 14.8. The number of amides is 8. The number of fused-ring (bicyclic) bond motifs is 4. The average Bonchev–Trinajstić information content (AvgIpc) is 1.68. The van der Waals surface area contributed by atoms with E-state index in [-0.39, 0.29) is 148 Å². The fraction of sp³-hybridized carbons (Fsp3) is 0.118. The molecule has 8 aromatic carbocycles. The number of carbonyl (C=O) groups is 12. The number of benzene rings is 8. The van der Waals surface area contributed by atoms with Crippen LogP contribution in [0.4, 0.5) is 0 Å². The summed E-state index contributed by atoms with van der Waals surface area (Å²) in [7, 11) is 0. The number of hydrogen-bond acceptors (Lipinski definition) is 12. The van der Waals surface area contributed by atoms with E-state index in [4.69, 9.17) is 0 Å². The molecule has 4 aliphatic heterocycles. The van der Waals surface area contributed by atoms with Crippen molar-refractivity contribution in [3.8, 4) is 0 Å². The summed E-state index contributed by atoms with van der Waals surface area (Å²) in [5.41, 5.74) is 5.07. The summed E-state index contributed by atoms with van der Waals surface area (Å²) in [4.78, 5) is 149. The van der Waals surface area contributed by atoms with Crippen molar-refractivity contribution in [2.75, 3.05) is 0 Å². The van der Waals surface area contributed by atoms with Crippen LogP contribution in [0, 0.1) is 0 Å². The van der Waals surface area contributed by atoms with E-state index in [1.807, 2.05) is 24.3 Å². The first-order valence-corrected chi connectivity index (χ1v) is 27.3. The second-order valence-electron chi connectivity index (χ2n) is 20.3. The van der Waals surface area contributed by atoms with E-state index in [9.17, 15) is 78.0 Å². The van der Waals surface area contributed by atoms with E-state index >= 15 is 0 Å². The Bertz CT molecular complexity index is 3420. The maximum Gasteiger partial charge on any atom is 2.00 e. The van der Waals surface area contributed by atoms with Crippen LogP contribution in [-0.2, 0) is 123 Å². The van der Waals surface area contributed by atoms with Gasteiger partial charge in [-0.3, -0.25) is 58.0 Å². The molecule has 0 fully saturated rings. The molecule has 0 unspecified atom stereocenters. The van der Waals surface area contributed by atoms with Gasteiger partial charge < -0.3 is 20.4 Å². The molecule has 24 heteroatoms. The van der Waals surface area contributed by atoms with Gasteiger partial charge in [0.2, 0.25) is 0 Å². The van der Waals surface area contributed by atoms with Crippen molar-refractivity contribution in [1.29, 1.82) is 0 Å². The molecule has 4 heterocycles. The van der Waals surface area contributed by atoms with Gasteiger partial charge in [-0.15, -0.1) is 0 Å². The zero-order valence-electron chi connectivity index (χ0n) is 47.7. The fourth-order valence-electron chi connectivity index (χ4n) is 10.5. The van der Waals surface area contributed by atoms with E-state index in [0.29, 0.717) is 0 Å². The smallest absolute Gasteiger partial charge is 0.480 e. The molecule has 8 aromatic rings. The molecular weight excluding hydrogens is 1540 g/mol. The molecule has 92 heavy (non-hydrogen) atoms. The average molecular weight is 1590 g/mol. The molecular formula is C68H52N4O16Rh4+8. The van der Waals surface area contributed by atoms with Gasteiger partial charge in [0.05, 0.1) is 44.5 Å². The molecule has 0 aromatic heterocycles. The Morgan fingerprint density at radius 2 is 0.348 bits per heavy atom. The number of rotatable bonds is 16. The fourth-order valence-corrected chi connectivity index (χ4v) is 10.5. The van der Waals surface area contributed by atoms with Crippen molar-refractivity contribution < 1.29 is 156 Å². The van der Waals surface area contributed by atoms with Gasteiger partial charge in [0.25, 0.3) is 47.3 Å². The van der Waals surface area contributed by atoms with E-state index in [1.54, 1.807) is 146 Å². The third kappa shape index (κ3) is 16.0. The Hall–Kier alpha value is -9.31. The van der Waals surface area contributed by atoms with Crippen molar-refractivity contribution in [3.05, 3.63) is 285 Å². The molecule has 4 aliphatic rings. The minimum atomic E-state index is -1.21. The minimum absolute atomic E-state index is 0. The summed E-state index contributed by atoms with van der Waals surface area (Å²) in [5, 5.41) is 37.9. The largest absolute Gasteiger partial charge is 2.00 e. The summed E-state index contributed by atoms with van der Waals surface area (Å²) in [5.74, 6) is -9.20. The monoisotopic (exact) mass is 1590 g/mol. The Labute approximate surface area is 577 Å². The predicted octanol–water partition coefficient (Wildman–Crippen LogP) is 7.90. The summed E-state index contributed by atoms with van der Waals surface area (Å²) < 4.78 is 0. The van der Waals surface area contributed by atoms with Crippen LogP contribution in [-0.4, -0.2) is 135 Å². The third-order valence-corrected chi connectivity index (χ3v) is 14.8. The number of hydrogen-bond donors (Lipinski definition) is 4. The van der Waals surface area contributed by atoms with Crippen LogP contribution in [0.3, 0.4) is 0 Å². The normalized spacial score (nSPS) is 14.2. The summed E-state index contributed by atoms with van der Waals surface area (Å²) >= 11 is 0. The van der Waals surface area contributed by atoms with Crippen molar-refractivity contribution in [2.24, 2.45) is 0 Å². The Balaban J connectivity index is 0.000000219. The number of aliphatic carboxylic acids is 4. The molecule has 4 N–H and O–H groups in total. The molecule has 20 nitrogen and oxygen atoms in total. The molecule has 0 saturated heterocycles. The molecule has 12 rings (SSSR count). The van der Waals surface area contributed by atoms with Crippen LogP contribution in [0.25, 0.3) is 0 Å². The molecule has 0 bridgehead atoms. The van der Waals surface area contributed by atoms with Crippen LogP contribution in [0.1, 0.15) is 105 Å². The number of nitrogens with zero attached hydrogens (tertiary/aromatic N) is 4. The minimum Gasteiger partial charge on any atom is -0.480 e. The van der Waals surface area contributed by atoms with Gasteiger partial charge >= 0.3 is 102 Å². The summed E-state index contributed by atoms with van der Waals surface area (Å²) in [6, 6.07) is 56.4. The summed E-state index contributed by atoms with van der Waals surface area (Å²) in [6.45, 7) is 0. The van der Waals surface area contributed by atoms with Gasteiger partial charge in [-0.1, -0.05) is 170 Å². The molecule has 8 amide bonds. The second-order valence-corrected chi connectivity index (χ2v) is 20.3. The molecule has 4 radical (unpaired) electrons. The number of carboxylic acid groups (broad SMARTS) is 4. The Morgan fingerprint density at radius 1 is 0.228 bits per heavy atom. The Kier molecular flexibility index (Phi) is 26.5. The van der Waals surface area contributed by atoms with Crippen LogP contribution < -0.4 is 0 Å². The quantitative estimate of drug-likeness (QED) is 0.0528. The molecule has 0 saturated carbocycles. The SMILES string of the molecule is O=C(O)[C@H](Cc1ccccc1)N1C(=O)c2ccccc2C1=O.O=C(O)[C@H](Cc1ccccc1)N1C(=O)c2ccccc2C1=O.O=C(O)[C@H](Cc1ccccc1)N1C(=O)c2ccccc2C1=O.O=C(O)[C@H](Cc1ccccc1)N1C(=O)c2ccccc2C1=O.[Rh+2].[Rh+2].[Rh+2].[Rh+2]. The first-order chi connectivity index (χ1) is 42.4. The number of carbonyl (C=O) groups excluding carboxylic acids is 8. The molecule has 0 aliphatic carbocycles. The van der Waals surface area contributed by atoms with E-state index in [2.05, 4.69) is 0 Å². The first kappa shape index (κ1) is 73.4. The Morgan fingerprint density at radius 3 is 0.467 bits per heavy atom. The van der Waals surface area contributed by atoms with Crippen LogP contribution in [0.15, 0.2) is 218 Å². The van der Waals surface area contributed by atoms with Gasteiger partial charge in [-0.25, -0.2) is 19.2 Å². The summed E-state index contributed by atoms with van der Waals surface area (Å²) in [6.07, 6.45) is 0.340. The number of carboxylic acids is 4. The molecule has 0 spiro atoms. The maximum absolute atomic E-state index is 12.4.